The van der Waals surface area contributed by atoms with Crippen molar-refractivity contribution in [2.24, 2.45) is 0 Å². The topological polar surface area (TPSA) is 68.9 Å². The van der Waals surface area contributed by atoms with Crippen LogP contribution >= 0.6 is 0 Å². The van der Waals surface area contributed by atoms with Crippen molar-refractivity contribution in [3.8, 4) is 0 Å². The van der Waals surface area contributed by atoms with Gasteiger partial charge >= 0.3 is 6.18 Å². The first-order valence-electron chi connectivity index (χ1n) is 4.62. The van der Waals surface area contributed by atoms with Gasteiger partial charge in [-0.3, -0.25) is 4.79 Å². The fraction of sp³-hybridized carbons (Fsp3) is 0.444. The Labute approximate surface area is 88.7 Å². The van der Waals surface area contributed by atoms with E-state index >= 15 is 0 Å². The maximum Gasteiger partial charge on any atom is 0.433 e. The molecular weight excluding hydrogens is 223 g/mol. The zero-order valence-electron chi connectivity index (χ0n) is 8.14. The summed E-state index contributed by atoms with van der Waals surface area (Å²) >= 11 is 0. The third-order valence-electron chi connectivity index (χ3n) is 2.39. The summed E-state index contributed by atoms with van der Waals surface area (Å²) in [7, 11) is 0. The summed E-state index contributed by atoms with van der Waals surface area (Å²) in [5, 5.41) is 0. The number of anilines is 1. The summed E-state index contributed by atoms with van der Waals surface area (Å²) < 4.78 is 37.9. The van der Waals surface area contributed by atoms with Gasteiger partial charge in [0, 0.05) is 18.4 Å². The molecule has 0 aromatic carbocycles. The van der Waals surface area contributed by atoms with E-state index in [-0.39, 0.29) is 36.3 Å². The number of nitrogens with two attached hydrogens (primary N) is 1. The molecule has 0 spiro atoms. The molecular formula is C9H8F3N3O. The standard InChI is InChI=1S/C9H8F3N3O/c10-9(11,12)7-5-3-4(16)1-2-6(5)14-8(13)15-7/h1-3H2,(H2,13,14,15). The van der Waals surface area contributed by atoms with Crippen LogP contribution in [-0.2, 0) is 23.8 Å². The smallest absolute Gasteiger partial charge is 0.368 e. The summed E-state index contributed by atoms with van der Waals surface area (Å²) in [6, 6.07) is 0. The Morgan fingerprint density at radius 1 is 1.19 bits per heavy atom. The van der Waals surface area contributed by atoms with Gasteiger partial charge in [-0.2, -0.15) is 13.2 Å². The highest BCUT2D eigenvalue weighted by Crippen LogP contribution is 2.34. The van der Waals surface area contributed by atoms with E-state index in [0.717, 1.165) is 0 Å². The summed E-state index contributed by atoms with van der Waals surface area (Å²) in [6.45, 7) is 0. The van der Waals surface area contributed by atoms with Crippen LogP contribution in [0.4, 0.5) is 19.1 Å². The van der Waals surface area contributed by atoms with Gasteiger partial charge in [-0.15, -0.1) is 0 Å². The van der Waals surface area contributed by atoms with Crippen molar-refractivity contribution in [3.05, 3.63) is 17.0 Å². The molecule has 0 fully saturated rings. The average molecular weight is 231 g/mol. The number of nitrogen functional groups attached to an aromatic ring is 1. The highest BCUT2D eigenvalue weighted by atomic mass is 19.4. The third-order valence-corrected chi connectivity index (χ3v) is 2.39. The molecule has 16 heavy (non-hydrogen) atoms. The van der Waals surface area contributed by atoms with Crippen molar-refractivity contribution in [3.63, 3.8) is 0 Å². The van der Waals surface area contributed by atoms with E-state index < -0.39 is 17.8 Å². The number of fused-ring (bicyclic) bond motifs is 1. The fourth-order valence-corrected chi connectivity index (χ4v) is 1.72. The van der Waals surface area contributed by atoms with Crippen LogP contribution in [0, 0.1) is 0 Å². The van der Waals surface area contributed by atoms with Crippen molar-refractivity contribution in [1.82, 2.24) is 9.97 Å². The van der Waals surface area contributed by atoms with E-state index in [1.54, 1.807) is 0 Å². The molecule has 0 saturated carbocycles. The van der Waals surface area contributed by atoms with Gasteiger partial charge in [-0.1, -0.05) is 0 Å². The lowest BCUT2D eigenvalue weighted by molar-refractivity contribution is -0.142. The SMILES string of the molecule is Nc1nc2c(c(C(F)(F)F)n1)CC(=O)CC2. The van der Waals surface area contributed by atoms with Gasteiger partial charge in [0.2, 0.25) is 5.95 Å². The molecule has 0 amide bonds. The number of aromatic nitrogens is 2. The minimum atomic E-state index is -4.60. The van der Waals surface area contributed by atoms with Gasteiger partial charge < -0.3 is 5.73 Å². The van der Waals surface area contributed by atoms with Crippen LogP contribution in [0.3, 0.4) is 0 Å². The Hall–Kier alpha value is -1.66. The number of hydrogen-bond acceptors (Lipinski definition) is 4. The monoisotopic (exact) mass is 231 g/mol. The number of ketones is 1. The molecule has 1 aliphatic carbocycles. The summed E-state index contributed by atoms with van der Waals surface area (Å²) in [5.74, 6) is -0.633. The van der Waals surface area contributed by atoms with Crippen molar-refractivity contribution >= 4 is 11.7 Å². The minimum absolute atomic E-state index is 0.127. The molecule has 1 heterocycles. The van der Waals surface area contributed by atoms with E-state index in [1.807, 2.05) is 0 Å². The number of aryl methyl sites for hydroxylation is 1. The third kappa shape index (κ3) is 1.84. The van der Waals surface area contributed by atoms with Crippen LogP contribution in [0.25, 0.3) is 0 Å². The number of nitrogens with zero attached hydrogens (tertiary/aromatic N) is 2. The van der Waals surface area contributed by atoms with Crippen molar-refractivity contribution in [2.75, 3.05) is 5.73 Å². The van der Waals surface area contributed by atoms with Crippen LogP contribution in [-0.4, -0.2) is 15.8 Å². The maximum atomic E-state index is 12.6. The molecule has 0 unspecified atom stereocenters. The number of Topliss-reactive ketones (excluding diaryl/α,β-unsaturated/α-hetero) is 1. The fourth-order valence-electron chi connectivity index (χ4n) is 1.72. The lowest BCUT2D eigenvalue weighted by Gasteiger charge is -2.18. The van der Waals surface area contributed by atoms with Crippen LogP contribution in [0.15, 0.2) is 0 Å². The molecule has 1 aromatic rings. The van der Waals surface area contributed by atoms with E-state index in [9.17, 15) is 18.0 Å². The van der Waals surface area contributed by atoms with E-state index in [2.05, 4.69) is 9.97 Å². The predicted molar refractivity (Wildman–Crippen MR) is 48.5 cm³/mol. The lowest BCUT2D eigenvalue weighted by atomic mass is 9.93. The maximum absolute atomic E-state index is 12.6. The molecule has 0 aliphatic heterocycles. The zero-order chi connectivity index (χ0) is 11.9. The number of carbonyl (C=O) groups excluding carboxylic acids is 1. The highest BCUT2D eigenvalue weighted by molar-refractivity contribution is 5.83. The van der Waals surface area contributed by atoms with Gasteiger partial charge in [-0.05, 0) is 6.42 Å². The number of carbonyl (C=O) groups is 1. The molecule has 0 saturated heterocycles. The van der Waals surface area contributed by atoms with Crippen LogP contribution in [0.5, 0.6) is 0 Å². The van der Waals surface area contributed by atoms with Crippen molar-refractivity contribution in [1.29, 1.82) is 0 Å². The summed E-state index contributed by atoms with van der Waals surface area (Å²) in [6.07, 6.45) is -4.45. The van der Waals surface area contributed by atoms with Gasteiger partial charge in [0.1, 0.15) is 5.78 Å². The molecule has 0 radical (unpaired) electrons. The molecule has 2 rings (SSSR count). The lowest BCUT2D eigenvalue weighted by Crippen LogP contribution is -2.23. The number of hydrogen-bond donors (Lipinski definition) is 1. The number of halogens is 3. The first-order chi connectivity index (χ1) is 7.38. The molecule has 7 heteroatoms. The molecule has 1 aliphatic rings. The van der Waals surface area contributed by atoms with Crippen LogP contribution in [0.2, 0.25) is 0 Å². The van der Waals surface area contributed by atoms with Crippen LogP contribution < -0.4 is 5.73 Å². The molecule has 4 nitrogen and oxygen atoms in total. The van der Waals surface area contributed by atoms with E-state index in [4.69, 9.17) is 5.73 Å². The molecule has 86 valence electrons. The molecule has 1 aromatic heterocycles. The Kier molecular flexibility index (Phi) is 2.32. The summed E-state index contributed by atoms with van der Waals surface area (Å²) in [4.78, 5) is 18.1. The second-order valence-electron chi connectivity index (χ2n) is 3.57. The number of alkyl halides is 3. The molecule has 0 bridgehead atoms. The predicted octanol–water partition coefficient (Wildman–Crippen LogP) is 1.14. The van der Waals surface area contributed by atoms with Gasteiger partial charge in [-0.25, -0.2) is 9.97 Å². The Balaban J connectivity index is 2.60. The normalized spacial score (nSPS) is 16.1. The van der Waals surface area contributed by atoms with Crippen molar-refractivity contribution < 1.29 is 18.0 Å². The van der Waals surface area contributed by atoms with Gasteiger partial charge in [0.05, 0.1) is 5.69 Å². The Morgan fingerprint density at radius 3 is 2.50 bits per heavy atom. The molecule has 2 N–H and O–H groups in total. The van der Waals surface area contributed by atoms with Crippen molar-refractivity contribution in [2.45, 2.75) is 25.4 Å². The Bertz CT molecular complexity index is 456. The van der Waals surface area contributed by atoms with Gasteiger partial charge in [0.25, 0.3) is 0 Å². The second kappa shape index (κ2) is 3.43. The molecule has 0 atom stereocenters. The highest BCUT2D eigenvalue weighted by Gasteiger charge is 2.38. The van der Waals surface area contributed by atoms with Gasteiger partial charge in [0.15, 0.2) is 5.69 Å². The first kappa shape index (κ1) is 10.8. The largest absolute Gasteiger partial charge is 0.433 e. The average Bonchev–Trinajstić information content (AvgIpc) is 2.16. The quantitative estimate of drug-likeness (QED) is 0.726. The zero-order valence-corrected chi connectivity index (χ0v) is 8.14. The number of rotatable bonds is 0. The minimum Gasteiger partial charge on any atom is -0.368 e. The van der Waals surface area contributed by atoms with E-state index in [1.165, 1.54) is 0 Å². The second-order valence-corrected chi connectivity index (χ2v) is 3.57. The Morgan fingerprint density at radius 2 is 1.88 bits per heavy atom. The van der Waals surface area contributed by atoms with Crippen LogP contribution in [0.1, 0.15) is 23.4 Å². The first-order valence-corrected chi connectivity index (χ1v) is 4.62. The summed E-state index contributed by atoms with van der Waals surface area (Å²) in [5.41, 5.74) is 4.24. The van der Waals surface area contributed by atoms with E-state index in [0.29, 0.717) is 0 Å².